The molecule has 2 fully saturated rings. The van der Waals surface area contributed by atoms with Crippen LogP contribution in [0.3, 0.4) is 0 Å². The third-order valence-electron chi connectivity index (χ3n) is 4.70. The fraction of sp³-hybridized carbons (Fsp3) is 0.733. The molecule has 0 radical (unpaired) electrons. The summed E-state index contributed by atoms with van der Waals surface area (Å²) in [6.07, 6.45) is 5.13. The fourth-order valence-corrected chi connectivity index (χ4v) is 3.50. The van der Waals surface area contributed by atoms with E-state index in [9.17, 15) is 14.3 Å². The number of halogens is 1. The number of carbonyl (C=O) groups is 1. The summed E-state index contributed by atoms with van der Waals surface area (Å²) in [5, 5.41) is 16.3. The Hall–Kier alpha value is -1.43. The first-order valence-electron chi connectivity index (χ1n) is 7.80. The van der Waals surface area contributed by atoms with Gasteiger partial charge in [0.25, 0.3) is 5.91 Å². The van der Waals surface area contributed by atoms with Crippen molar-refractivity contribution in [3.63, 3.8) is 0 Å². The zero-order valence-electron chi connectivity index (χ0n) is 12.1. The molecular formula is C15H22FN3O2. The van der Waals surface area contributed by atoms with Crippen molar-refractivity contribution < 1.29 is 14.3 Å². The first kappa shape index (κ1) is 14.5. The van der Waals surface area contributed by atoms with Gasteiger partial charge in [-0.1, -0.05) is 19.3 Å². The number of nitrogens with one attached hydrogen (secondary N) is 1. The molecule has 21 heavy (non-hydrogen) atoms. The van der Waals surface area contributed by atoms with Crippen molar-refractivity contribution in [3.05, 3.63) is 17.5 Å². The number of rotatable bonds is 3. The molecule has 1 aromatic heterocycles. The number of aliphatic hydroxyl groups is 1. The molecule has 3 rings (SSSR count). The first-order chi connectivity index (χ1) is 10.2. The zero-order valence-corrected chi connectivity index (χ0v) is 12.1. The van der Waals surface area contributed by atoms with Gasteiger partial charge in [0.1, 0.15) is 11.9 Å². The monoisotopic (exact) mass is 295 g/mol. The molecule has 0 unspecified atom stereocenters. The minimum Gasteiger partial charge on any atom is -0.394 e. The number of hydrogen-bond donors (Lipinski definition) is 2. The number of aromatic amines is 1. The third-order valence-corrected chi connectivity index (χ3v) is 4.70. The Morgan fingerprint density at radius 1 is 1.43 bits per heavy atom. The lowest BCUT2D eigenvalue weighted by Crippen LogP contribution is -2.38. The highest BCUT2D eigenvalue weighted by atomic mass is 19.1. The van der Waals surface area contributed by atoms with Crippen LogP contribution in [0.2, 0.25) is 0 Å². The molecule has 1 aromatic rings. The van der Waals surface area contributed by atoms with Gasteiger partial charge in [-0.2, -0.15) is 5.10 Å². The maximum absolute atomic E-state index is 13.4. The molecule has 116 valence electrons. The van der Waals surface area contributed by atoms with Gasteiger partial charge in [-0.3, -0.25) is 9.89 Å². The smallest absolute Gasteiger partial charge is 0.274 e. The van der Waals surface area contributed by atoms with E-state index in [0.29, 0.717) is 11.6 Å². The van der Waals surface area contributed by atoms with Crippen molar-refractivity contribution in [2.45, 2.75) is 56.7 Å². The van der Waals surface area contributed by atoms with E-state index in [4.69, 9.17) is 0 Å². The van der Waals surface area contributed by atoms with E-state index >= 15 is 0 Å². The molecule has 0 bridgehead atoms. The van der Waals surface area contributed by atoms with Gasteiger partial charge in [0.2, 0.25) is 0 Å². The number of alkyl halides is 1. The largest absolute Gasteiger partial charge is 0.394 e. The van der Waals surface area contributed by atoms with Gasteiger partial charge in [0.15, 0.2) is 0 Å². The van der Waals surface area contributed by atoms with Crippen LogP contribution in [0.5, 0.6) is 0 Å². The van der Waals surface area contributed by atoms with E-state index < -0.39 is 12.2 Å². The second kappa shape index (κ2) is 6.13. The molecule has 2 heterocycles. The molecule has 2 atom stereocenters. The minimum absolute atomic E-state index is 0.0513. The summed E-state index contributed by atoms with van der Waals surface area (Å²) in [5.41, 5.74) is 1.35. The number of likely N-dealkylation sites (tertiary alicyclic amines) is 1. The molecule has 0 spiro atoms. The summed E-state index contributed by atoms with van der Waals surface area (Å²) in [6, 6.07) is 1.38. The van der Waals surface area contributed by atoms with Gasteiger partial charge in [0.05, 0.1) is 19.2 Å². The van der Waals surface area contributed by atoms with Gasteiger partial charge in [-0.25, -0.2) is 4.39 Å². The van der Waals surface area contributed by atoms with Crippen LogP contribution >= 0.6 is 0 Å². The number of carbonyl (C=O) groups excluding carboxylic acids is 1. The molecule has 5 nitrogen and oxygen atoms in total. The quantitative estimate of drug-likeness (QED) is 0.896. The molecule has 6 heteroatoms. The minimum atomic E-state index is -1.05. The average molecular weight is 295 g/mol. The van der Waals surface area contributed by atoms with E-state index in [1.165, 1.54) is 24.2 Å². The maximum atomic E-state index is 13.4. The first-order valence-corrected chi connectivity index (χ1v) is 7.80. The Morgan fingerprint density at radius 3 is 2.90 bits per heavy atom. The van der Waals surface area contributed by atoms with Crippen LogP contribution in [0.1, 0.15) is 60.6 Å². The molecule has 1 saturated heterocycles. The summed E-state index contributed by atoms with van der Waals surface area (Å²) in [5.74, 6) is 0.168. The van der Waals surface area contributed by atoms with E-state index in [0.717, 1.165) is 18.5 Å². The van der Waals surface area contributed by atoms with Crippen LogP contribution in [0.4, 0.5) is 4.39 Å². The lowest BCUT2D eigenvalue weighted by Gasteiger charge is -2.21. The highest BCUT2D eigenvalue weighted by Gasteiger charge is 2.36. The summed E-state index contributed by atoms with van der Waals surface area (Å²) >= 11 is 0. The van der Waals surface area contributed by atoms with Crippen molar-refractivity contribution in [2.75, 3.05) is 13.2 Å². The fourth-order valence-electron chi connectivity index (χ4n) is 3.50. The predicted molar refractivity (Wildman–Crippen MR) is 75.8 cm³/mol. The molecule has 2 aliphatic rings. The summed E-state index contributed by atoms with van der Waals surface area (Å²) in [7, 11) is 0. The van der Waals surface area contributed by atoms with Gasteiger partial charge in [0, 0.05) is 18.0 Å². The zero-order chi connectivity index (χ0) is 14.8. The van der Waals surface area contributed by atoms with Gasteiger partial charge < -0.3 is 10.0 Å². The van der Waals surface area contributed by atoms with Gasteiger partial charge >= 0.3 is 0 Å². The topological polar surface area (TPSA) is 69.2 Å². The van der Waals surface area contributed by atoms with Crippen LogP contribution in [-0.4, -0.2) is 51.5 Å². The number of aromatic nitrogens is 2. The molecule has 2 N–H and O–H groups in total. The van der Waals surface area contributed by atoms with E-state index in [1.54, 1.807) is 6.07 Å². The number of H-pyrrole nitrogens is 1. The van der Waals surface area contributed by atoms with Crippen molar-refractivity contribution in [2.24, 2.45) is 0 Å². The van der Waals surface area contributed by atoms with Crippen molar-refractivity contribution in [1.29, 1.82) is 0 Å². The molecule has 0 aromatic carbocycles. The molecular weight excluding hydrogens is 273 g/mol. The van der Waals surface area contributed by atoms with Crippen LogP contribution < -0.4 is 0 Å². The SMILES string of the molecule is O=C(c1cc(C2CCCCC2)[nH]n1)N1C[C@@H](F)C[C@H]1CO. The lowest BCUT2D eigenvalue weighted by molar-refractivity contribution is 0.0667. The van der Waals surface area contributed by atoms with E-state index in [1.807, 2.05) is 0 Å². The van der Waals surface area contributed by atoms with E-state index in [-0.39, 0.29) is 25.5 Å². The van der Waals surface area contributed by atoms with Gasteiger partial charge in [-0.05, 0) is 18.9 Å². The molecule has 1 amide bonds. The second-order valence-electron chi connectivity index (χ2n) is 6.17. The number of aliphatic hydroxyl groups excluding tert-OH is 1. The third kappa shape index (κ3) is 2.95. The van der Waals surface area contributed by atoms with E-state index in [2.05, 4.69) is 10.2 Å². The van der Waals surface area contributed by atoms with Gasteiger partial charge in [-0.15, -0.1) is 0 Å². The summed E-state index contributed by atoms with van der Waals surface area (Å²) < 4.78 is 13.4. The standard InChI is InChI=1S/C15H22FN3O2/c16-11-6-12(9-20)19(8-11)15(21)14-7-13(17-18-14)10-4-2-1-3-5-10/h7,10-12,20H,1-6,8-9H2,(H,17,18)/t11-,12-/m0/s1. The molecule has 1 aliphatic heterocycles. The Balaban J connectivity index is 1.71. The normalized spacial score (nSPS) is 27.2. The highest BCUT2D eigenvalue weighted by Crippen LogP contribution is 2.32. The van der Waals surface area contributed by atoms with Crippen LogP contribution in [0.25, 0.3) is 0 Å². The van der Waals surface area contributed by atoms with Crippen LogP contribution in [-0.2, 0) is 0 Å². The van der Waals surface area contributed by atoms with Crippen LogP contribution in [0, 0.1) is 0 Å². The highest BCUT2D eigenvalue weighted by molar-refractivity contribution is 5.92. The molecule has 1 aliphatic carbocycles. The predicted octanol–water partition coefficient (Wildman–Crippen LogP) is 2.00. The Bertz CT molecular complexity index is 499. The molecule has 1 saturated carbocycles. The number of hydrogen-bond acceptors (Lipinski definition) is 3. The Kier molecular flexibility index (Phi) is 4.24. The van der Waals surface area contributed by atoms with Crippen molar-refractivity contribution in [3.8, 4) is 0 Å². The number of nitrogens with zero attached hydrogens (tertiary/aromatic N) is 2. The lowest BCUT2D eigenvalue weighted by atomic mass is 9.87. The summed E-state index contributed by atoms with van der Waals surface area (Å²) in [4.78, 5) is 13.8. The van der Waals surface area contributed by atoms with Crippen molar-refractivity contribution >= 4 is 5.91 Å². The number of amides is 1. The second-order valence-corrected chi connectivity index (χ2v) is 6.17. The van der Waals surface area contributed by atoms with Crippen LogP contribution in [0.15, 0.2) is 6.07 Å². The average Bonchev–Trinajstić information content (AvgIpc) is 3.14. The maximum Gasteiger partial charge on any atom is 0.274 e. The van der Waals surface area contributed by atoms with Crippen molar-refractivity contribution in [1.82, 2.24) is 15.1 Å². The Labute approximate surface area is 123 Å². The Morgan fingerprint density at radius 2 is 2.19 bits per heavy atom. The summed E-state index contributed by atoms with van der Waals surface area (Å²) in [6.45, 7) is -0.151.